The van der Waals surface area contributed by atoms with E-state index in [9.17, 15) is 14.3 Å². The predicted molar refractivity (Wildman–Crippen MR) is 76.1 cm³/mol. The van der Waals surface area contributed by atoms with Crippen LogP contribution in [0.4, 0.5) is 4.39 Å². The maximum absolute atomic E-state index is 13.8. The molecule has 0 aliphatic heterocycles. The average Bonchev–Trinajstić information content (AvgIpc) is 2.43. The Morgan fingerprint density at radius 2 is 2.10 bits per heavy atom. The maximum atomic E-state index is 13.8. The first kappa shape index (κ1) is 15.0. The van der Waals surface area contributed by atoms with Crippen molar-refractivity contribution in [2.75, 3.05) is 6.54 Å². The van der Waals surface area contributed by atoms with Crippen LogP contribution in [0.25, 0.3) is 0 Å². The summed E-state index contributed by atoms with van der Waals surface area (Å²) in [7, 11) is 0. The molecule has 1 aromatic rings. The molecule has 4 heteroatoms. The monoisotopic (exact) mass is 279 g/mol. The number of halogens is 1. The van der Waals surface area contributed by atoms with Crippen molar-refractivity contribution in [3.63, 3.8) is 0 Å². The van der Waals surface area contributed by atoms with Gasteiger partial charge in [0.15, 0.2) is 0 Å². The number of carbonyl (C=O) groups is 1. The molecule has 0 saturated heterocycles. The van der Waals surface area contributed by atoms with Crippen molar-refractivity contribution in [2.24, 2.45) is 5.92 Å². The first-order chi connectivity index (χ1) is 9.41. The second-order valence-corrected chi connectivity index (χ2v) is 6.03. The van der Waals surface area contributed by atoms with Gasteiger partial charge in [0.25, 0.3) is 5.91 Å². The molecule has 0 radical (unpaired) electrons. The molecule has 1 saturated carbocycles. The third-order valence-corrected chi connectivity index (χ3v) is 4.22. The van der Waals surface area contributed by atoms with Gasteiger partial charge in [-0.05, 0) is 50.2 Å². The van der Waals surface area contributed by atoms with Gasteiger partial charge in [-0.15, -0.1) is 0 Å². The molecule has 110 valence electrons. The fourth-order valence-corrected chi connectivity index (χ4v) is 2.64. The first-order valence-electron chi connectivity index (χ1n) is 7.17. The molecule has 1 amide bonds. The van der Waals surface area contributed by atoms with Crippen molar-refractivity contribution < 1.29 is 14.3 Å². The summed E-state index contributed by atoms with van der Waals surface area (Å²) < 4.78 is 13.8. The topological polar surface area (TPSA) is 49.3 Å². The third-order valence-electron chi connectivity index (χ3n) is 4.22. The minimum Gasteiger partial charge on any atom is -0.388 e. The molecule has 3 nitrogen and oxygen atoms in total. The summed E-state index contributed by atoms with van der Waals surface area (Å²) in [5.41, 5.74) is -0.358. The summed E-state index contributed by atoms with van der Waals surface area (Å²) in [4.78, 5) is 12.0. The highest BCUT2D eigenvalue weighted by Crippen LogP contribution is 2.31. The van der Waals surface area contributed by atoms with Gasteiger partial charge in [-0.2, -0.15) is 0 Å². The van der Waals surface area contributed by atoms with Gasteiger partial charge >= 0.3 is 0 Å². The smallest absolute Gasteiger partial charge is 0.254 e. The van der Waals surface area contributed by atoms with E-state index in [-0.39, 0.29) is 12.1 Å². The van der Waals surface area contributed by atoms with E-state index in [2.05, 4.69) is 12.2 Å². The van der Waals surface area contributed by atoms with E-state index in [0.29, 0.717) is 24.3 Å². The van der Waals surface area contributed by atoms with E-state index in [1.54, 1.807) is 19.1 Å². The van der Waals surface area contributed by atoms with Gasteiger partial charge in [-0.1, -0.05) is 19.1 Å². The van der Waals surface area contributed by atoms with E-state index >= 15 is 0 Å². The summed E-state index contributed by atoms with van der Waals surface area (Å²) in [6, 6.07) is 4.75. The number of amides is 1. The fraction of sp³-hybridized carbons (Fsp3) is 0.562. The predicted octanol–water partition coefficient (Wildman–Crippen LogP) is 2.81. The average molecular weight is 279 g/mol. The molecule has 0 atom stereocenters. The van der Waals surface area contributed by atoms with Gasteiger partial charge in [-0.3, -0.25) is 4.79 Å². The largest absolute Gasteiger partial charge is 0.388 e. The van der Waals surface area contributed by atoms with E-state index in [0.717, 1.165) is 12.8 Å². The number of benzene rings is 1. The van der Waals surface area contributed by atoms with Gasteiger partial charge in [0.2, 0.25) is 0 Å². The Morgan fingerprint density at radius 3 is 2.75 bits per heavy atom. The Balaban J connectivity index is 1.97. The maximum Gasteiger partial charge on any atom is 0.254 e. The van der Waals surface area contributed by atoms with Gasteiger partial charge in [0.05, 0.1) is 11.2 Å². The van der Waals surface area contributed by atoms with Crippen molar-refractivity contribution in [3.8, 4) is 0 Å². The second kappa shape index (κ2) is 5.92. The molecule has 0 spiro atoms. The molecule has 0 aromatic heterocycles. The Bertz CT molecular complexity index is 493. The van der Waals surface area contributed by atoms with Crippen LogP contribution in [0.3, 0.4) is 0 Å². The lowest BCUT2D eigenvalue weighted by molar-refractivity contribution is -0.00543. The minimum atomic E-state index is -0.845. The van der Waals surface area contributed by atoms with Crippen LogP contribution < -0.4 is 5.32 Å². The molecule has 1 aliphatic carbocycles. The summed E-state index contributed by atoms with van der Waals surface area (Å²) in [6.45, 7) is 3.98. The minimum absolute atomic E-state index is 0.0396. The molecule has 20 heavy (non-hydrogen) atoms. The van der Waals surface area contributed by atoms with Crippen molar-refractivity contribution in [2.45, 2.75) is 45.1 Å². The quantitative estimate of drug-likeness (QED) is 0.894. The summed E-state index contributed by atoms with van der Waals surface area (Å²) in [6.07, 6.45) is 3.30. The first-order valence-corrected chi connectivity index (χ1v) is 7.17. The van der Waals surface area contributed by atoms with Gasteiger partial charge < -0.3 is 10.4 Å². The molecule has 0 heterocycles. The van der Waals surface area contributed by atoms with E-state index in [4.69, 9.17) is 0 Å². The lowest BCUT2D eigenvalue weighted by Gasteiger charge is -2.34. The Morgan fingerprint density at radius 1 is 1.45 bits per heavy atom. The van der Waals surface area contributed by atoms with Crippen LogP contribution in [0.2, 0.25) is 0 Å². The van der Waals surface area contributed by atoms with Crippen molar-refractivity contribution in [3.05, 3.63) is 35.1 Å². The van der Waals surface area contributed by atoms with Crippen LogP contribution in [-0.2, 0) is 0 Å². The zero-order chi connectivity index (χ0) is 14.8. The van der Waals surface area contributed by atoms with Gasteiger partial charge in [-0.25, -0.2) is 4.39 Å². The lowest BCUT2D eigenvalue weighted by Crippen LogP contribution is -2.45. The number of hydrogen-bond acceptors (Lipinski definition) is 2. The number of aliphatic hydroxyl groups is 1. The second-order valence-electron chi connectivity index (χ2n) is 6.03. The molecule has 1 aliphatic rings. The van der Waals surface area contributed by atoms with Crippen LogP contribution in [0.5, 0.6) is 0 Å². The normalized spacial score (nSPS) is 26.3. The number of nitrogens with one attached hydrogen (secondary N) is 1. The summed E-state index contributed by atoms with van der Waals surface area (Å²) in [5, 5.41) is 13.1. The van der Waals surface area contributed by atoms with Crippen molar-refractivity contribution in [1.29, 1.82) is 0 Å². The number of hydrogen-bond donors (Lipinski definition) is 2. The molecule has 2 N–H and O–H groups in total. The highest BCUT2D eigenvalue weighted by Gasteiger charge is 2.32. The SMILES string of the molecule is Cc1cccc(C(=O)NCC2(O)CCC(C)CC2)c1F. The summed E-state index contributed by atoms with van der Waals surface area (Å²) >= 11 is 0. The highest BCUT2D eigenvalue weighted by molar-refractivity contribution is 5.94. The fourth-order valence-electron chi connectivity index (χ4n) is 2.64. The molecule has 1 aromatic carbocycles. The lowest BCUT2D eigenvalue weighted by atomic mass is 9.79. The zero-order valence-electron chi connectivity index (χ0n) is 12.1. The third kappa shape index (κ3) is 3.37. The Labute approximate surface area is 119 Å². The Kier molecular flexibility index (Phi) is 4.43. The van der Waals surface area contributed by atoms with E-state index < -0.39 is 17.3 Å². The highest BCUT2D eigenvalue weighted by atomic mass is 19.1. The van der Waals surface area contributed by atoms with Gasteiger partial charge in [0, 0.05) is 6.54 Å². The molecule has 0 bridgehead atoms. The molecular weight excluding hydrogens is 257 g/mol. The molecule has 2 rings (SSSR count). The van der Waals surface area contributed by atoms with Crippen LogP contribution in [0.1, 0.15) is 48.5 Å². The molecular formula is C16H22FNO2. The van der Waals surface area contributed by atoms with Crippen LogP contribution in [-0.4, -0.2) is 23.2 Å². The summed E-state index contributed by atoms with van der Waals surface area (Å²) in [5.74, 6) is -0.326. The van der Waals surface area contributed by atoms with Crippen LogP contribution >= 0.6 is 0 Å². The van der Waals surface area contributed by atoms with E-state index in [1.165, 1.54) is 6.07 Å². The zero-order valence-corrected chi connectivity index (χ0v) is 12.1. The molecule has 0 unspecified atom stereocenters. The number of carbonyl (C=O) groups excluding carboxylic acids is 1. The molecule has 1 fully saturated rings. The van der Waals surface area contributed by atoms with Crippen molar-refractivity contribution in [1.82, 2.24) is 5.32 Å². The number of rotatable bonds is 3. The van der Waals surface area contributed by atoms with E-state index in [1.807, 2.05) is 0 Å². The van der Waals surface area contributed by atoms with Gasteiger partial charge in [0.1, 0.15) is 5.82 Å². The Hall–Kier alpha value is -1.42. The van der Waals surface area contributed by atoms with Crippen LogP contribution in [0.15, 0.2) is 18.2 Å². The standard InChI is InChI=1S/C16H22FNO2/c1-11-6-8-16(20,9-7-11)10-18-15(19)13-5-3-4-12(2)14(13)17/h3-5,11,20H,6-10H2,1-2H3,(H,18,19). The number of aryl methyl sites for hydroxylation is 1. The van der Waals surface area contributed by atoms with Crippen LogP contribution in [0, 0.1) is 18.7 Å². The van der Waals surface area contributed by atoms with Crippen molar-refractivity contribution >= 4 is 5.91 Å².